The molecule has 0 bridgehead atoms. The van der Waals surface area contributed by atoms with Gasteiger partial charge in [0.1, 0.15) is 6.04 Å². The van der Waals surface area contributed by atoms with Crippen molar-refractivity contribution < 1.29 is 14.7 Å². The quantitative estimate of drug-likeness (QED) is 0.738. The number of amides is 1. The number of nitrogens with one attached hydrogen (secondary N) is 2. The van der Waals surface area contributed by atoms with Crippen LogP contribution in [0.4, 0.5) is 0 Å². The molecular formula is C15H22N2O4. The fourth-order valence-corrected chi connectivity index (χ4v) is 2.02. The number of carboxylic acids is 1. The number of aromatic amines is 1. The molecule has 0 radical (unpaired) electrons. The number of carboxylic acid groups (broad SMARTS) is 1. The van der Waals surface area contributed by atoms with E-state index in [-0.39, 0.29) is 17.0 Å². The van der Waals surface area contributed by atoms with Crippen LogP contribution < -0.4 is 10.9 Å². The Morgan fingerprint density at radius 2 is 1.86 bits per heavy atom. The van der Waals surface area contributed by atoms with Gasteiger partial charge in [-0.3, -0.25) is 9.59 Å². The topological polar surface area (TPSA) is 99.3 Å². The first-order valence-corrected chi connectivity index (χ1v) is 6.97. The molecule has 1 amide bonds. The summed E-state index contributed by atoms with van der Waals surface area (Å²) in [6.45, 7) is 7.43. The first-order chi connectivity index (χ1) is 9.70. The molecule has 0 spiro atoms. The maximum atomic E-state index is 12.1. The van der Waals surface area contributed by atoms with E-state index >= 15 is 0 Å². The van der Waals surface area contributed by atoms with E-state index < -0.39 is 17.9 Å². The molecule has 0 aromatic carbocycles. The molecule has 6 heteroatoms. The Labute approximate surface area is 123 Å². The molecule has 0 saturated carbocycles. The summed E-state index contributed by atoms with van der Waals surface area (Å²) in [7, 11) is 0. The zero-order valence-corrected chi connectivity index (χ0v) is 12.8. The third-order valence-corrected chi connectivity index (χ3v) is 3.01. The number of carbonyl (C=O) groups is 2. The average Bonchev–Trinajstić information content (AvgIpc) is 2.33. The van der Waals surface area contributed by atoms with Gasteiger partial charge in [0, 0.05) is 17.3 Å². The molecule has 0 saturated heterocycles. The van der Waals surface area contributed by atoms with E-state index in [4.69, 9.17) is 5.11 Å². The molecular weight excluding hydrogens is 272 g/mol. The molecule has 6 nitrogen and oxygen atoms in total. The van der Waals surface area contributed by atoms with Crippen LogP contribution in [0.2, 0.25) is 0 Å². The van der Waals surface area contributed by atoms with Gasteiger partial charge in [0.2, 0.25) is 5.56 Å². The van der Waals surface area contributed by atoms with E-state index in [0.29, 0.717) is 18.0 Å². The monoisotopic (exact) mass is 294 g/mol. The predicted molar refractivity (Wildman–Crippen MR) is 79.3 cm³/mol. The Morgan fingerprint density at radius 3 is 2.33 bits per heavy atom. The molecule has 3 N–H and O–H groups in total. The summed E-state index contributed by atoms with van der Waals surface area (Å²) in [4.78, 5) is 37.5. The summed E-state index contributed by atoms with van der Waals surface area (Å²) in [5.41, 5.74) is 0.482. The second-order valence-electron chi connectivity index (χ2n) is 5.89. The summed E-state index contributed by atoms with van der Waals surface area (Å²) in [6, 6.07) is 1.79. The number of H-pyrrole nitrogens is 1. The molecule has 1 aromatic heterocycles. The van der Waals surface area contributed by atoms with Crippen LogP contribution >= 0.6 is 0 Å². The minimum absolute atomic E-state index is 0.182. The van der Waals surface area contributed by atoms with Gasteiger partial charge in [-0.25, -0.2) is 4.79 Å². The molecule has 0 aliphatic heterocycles. The number of aromatic nitrogens is 1. The lowest BCUT2D eigenvalue weighted by molar-refractivity contribution is -0.140. The van der Waals surface area contributed by atoms with Crippen LogP contribution in [-0.2, 0) is 11.2 Å². The van der Waals surface area contributed by atoms with Crippen molar-refractivity contribution in [3.63, 3.8) is 0 Å². The summed E-state index contributed by atoms with van der Waals surface area (Å²) < 4.78 is 0. The third-order valence-electron chi connectivity index (χ3n) is 3.01. The van der Waals surface area contributed by atoms with Crippen LogP contribution in [0.1, 0.15) is 43.7 Å². The maximum absolute atomic E-state index is 12.1. The number of aliphatic carboxylic acids is 1. The van der Waals surface area contributed by atoms with Crippen LogP contribution in [0.3, 0.4) is 0 Å². The van der Waals surface area contributed by atoms with Crippen molar-refractivity contribution in [3.8, 4) is 0 Å². The molecule has 1 aromatic rings. The smallest absolute Gasteiger partial charge is 0.326 e. The van der Waals surface area contributed by atoms with Crippen molar-refractivity contribution in [2.24, 2.45) is 11.8 Å². The minimum Gasteiger partial charge on any atom is -0.480 e. The lowest BCUT2D eigenvalue weighted by Gasteiger charge is -2.18. The van der Waals surface area contributed by atoms with Crippen LogP contribution in [0.25, 0.3) is 0 Å². The van der Waals surface area contributed by atoms with Gasteiger partial charge in [0.05, 0.1) is 0 Å². The van der Waals surface area contributed by atoms with Crippen LogP contribution in [-0.4, -0.2) is 28.0 Å². The van der Waals surface area contributed by atoms with Crippen LogP contribution in [0.15, 0.2) is 16.9 Å². The Kier molecular flexibility index (Phi) is 5.69. The second-order valence-corrected chi connectivity index (χ2v) is 5.89. The van der Waals surface area contributed by atoms with Crippen molar-refractivity contribution in [2.45, 2.75) is 40.2 Å². The maximum Gasteiger partial charge on any atom is 0.326 e. The third kappa shape index (κ3) is 5.06. The van der Waals surface area contributed by atoms with Crippen LogP contribution in [0, 0.1) is 11.8 Å². The highest BCUT2D eigenvalue weighted by Crippen LogP contribution is 2.08. The number of hydrogen-bond acceptors (Lipinski definition) is 3. The zero-order chi connectivity index (χ0) is 16.2. The average molecular weight is 294 g/mol. The number of pyridine rings is 1. The summed E-state index contributed by atoms with van der Waals surface area (Å²) in [5.74, 6) is -1.55. The Bertz CT molecular complexity index is 575. The van der Waals surface area contributed by atoms with Gasteiger partial charge in [-0.2, -0.15) is 0 Å². The highest BCUT2D eigenvalue weighted by molar-refractivity contribution is 5.96. The first kappa shape index (κ1) is 16.9. The van der Waals surface area contributed by atoms with Gasteiger partial charge in [0.25, 0.3) is 5.91 Å². The molecule has 0 unspecified atom stereocenters. The predicted octanol–water partition coefficient (Wildman–Crippen LogP) is 1.41. The molecule has 0 aliphatic rings. The van der Waals surface area contributed by atoms with Crippen LogP contribution in [0.5, 0.6) is 0 Å². The molecule has 116 valence electrons. The summed E-state index contributed by atoms with van der Waals surface area (Å²) in [6.07, 6.45) is 0.642. The number of rotatable bonds is 6. The molecule has 0 aliphatic carbocycles. The highest BCUT2D eigenvalue weighted by Gasteiger charge is 2.24. The fraction of sp³-hybridized carbons (Fsp3) is 0.533. The molecule has 1 atom stereocenters. The molecule has 0 fully saturated rings. The number of carbonyl (C=O) groups excluding carboxylic acids is 1. The lowest BCUT2D eigenvalue weighted by Crippen LogP contribution is -2.44. The molecule has 21 heavy (non-hydrogen) atoms. The second kappa shape index (κ2) is 7.06. The van der Waals surface area contributed by atoms with Crippen molar-refractivity contribution in [1.82, 2.24) is 10.3 Å². The zero-order valence-electron chi connectivity index (χ0n) is 12.8. The van der Waals surface area contributed by atoms with E-state index in [1.54, 1.807) is 19.9 Å². The Balaban J connectivity index is 2.99. The SMILES string of the molecule is CC(C)Cc1cc(C(=O)N[C@@H](C(=O)O)C(C)C)cc(=O)[nH]1. The molecule has 1 rings (SSSR count). The standard InChI is InChI=1S/C15H22N2O4/c1-8(2)5-11-6-10(7-12(18)16-11)14(19)17-13(9(3)4)15(20)21/h6-9,13H,5H2,1-4H3,(H,16,18)(H,17,19)(H,20,21)/t13-/m1/s1. The van der Waals surface area contributed by atoms with Gasteiger partial charge in [-0.15, -0.1) is 0 Å². The van der Waals surface area contributed by atoms with Gasteiger partial charge in [0.15, 0.2) is 0 Å². The fourth-order valence-electron chi connectivity index (χ4n) is 2.02. The molecule has 1 heterocycles. The summed E-state index contributed by atoms with van der Waals surface area (Å²) >= 11 is 0. The lowest BCUT2D eigenvalue weighted by atomic mass is 10.0. The van der Waals surface area contributed by atoms with E-state index in [2.05, 4.69) is 10.3 Å². The van der Waals surface area contributed by atoms with Gasteiger partial charge >= 0.3 is 5.97 Å². The first-order valence-electron chi connectivity index (χ1n) is 6.97. The van der Waals surface area contributed by atoms with E-state index in [1.165, 1.54) is 6.07 Å². The van der Waals surface area contributed by atoms with Crippen molar-refractivity contribution in [1.29, 1.82) is 0 Å². The highest BCUT2D eigenvalue weighted by atomic mass is 16.4. The van der Waals surface area contributed by atoms with E-state index in [0.717, 1.165) is 0 Å². The minimum atomic E-state index is -1.09. The van der Waals surface area contributed by atoms with Gasteiger partial charge < -0.3 is 15.4 Å². The van der Waals surface area contributed by atoms with Crippen molar-refractivity contribution in [3.05, 3.63) is 33.7 Å². The van der Waals surface area contributed by atoms with Gasteiger partial charge in [-0.1, -0.05) is 27.7 Å². The summed E-state index contributed by atoms with van der Waals surface area (Å²) in [5, 5.41) is 11.5. The van der Waals surface area contributed by atoms with Crippen molar-refractivity contribution in [2.75, 3.05) is 0 Å². The Morgan fingerprint density at radius 1 is 1.24 bits per heavy atom. The van der Waals surface area contributed by atoms with E-state index in [9.17, 15) is 14.4 Å². The number of hydrogen-bond donors (Lipinski definition) is 3. The normalized spacial score (nSPS) is 12.5. The largest absolute Gasteiger partial charge is 0.480 e. The Hall–Kier alpha value is -2.11. The van der Waals surface area contributed by atoms with Crippen molar-refractivity contribution >= 4 is 11.9 Å². The van der Waals surface area contributed by atoms with Gasteiger partial charge in [-0.05, 0) is 24.3 Å². The van der Waals surface area contributed by atoms with E-state index in [1.807, 2.05) is 13.8 Å².